The van der Waals surface area contributed by atoms with E-state index in [-0.39, 0.29) is 19.0 Å². The van der Waals surface area contributed by atoms with Crippen molar-refractivity contribution in [1.82, 2.24) is 0 Å². The van der Waals surface area contributed by atoms with Crippen molar-refractivity contribution >= 4 is 0 Å². The number of hydrogen-bond acceptors (Lipinski definition) is 3. The van der Waals surface area contributed by atoms with Crippen LogP contribution >= 0.6 is 0 Å². The molecule has 100 valence electrons. The summed E-state index contributed by atoms with van der Waals surface area (Å²) >= 11 is 0. The van der Waals surface area contributed by atoms with Gasteiger partial charge in [-0.05, 0) is 42.9 Å². The van der Waals surface area contributed by atoms with Gasteiger partial charge in [0.15, 0.2) is 0 Å². The van der Waals surface area contributed by atoms with E-state index in [2.05, 4.69) is 0 Å². The molecule has 0 amide bonds. The van der Waals surface area contributed by atoms with Crippen molar-refractivity contribution in [3.05, 3.63) is 29.8 Å². The molecule has 2 rings (SSSR count). The van der Waals surface area contributed by atoms with Crippen LogP contribution < -0.4 is 0 Å². The van der Waals surface area contributed by atoms with Crippen molar-refractivity contribution in [2.45, 2.75) is 32.1 Å². The van der Waals surface area contributed by atoms with Crippen molar-refractivity contribution < 1.29 is 15.3 Å². The Kier molecular flexibility index (Phi) is 4.25. The molecule has 0 atom stereocenters. The van der Waals surface area contributed by atoms with E-state index < -0.39 is 5.41 Å². The van der Waals surface area contributed by atoms with Crippen LogP contribution in [0.5, 0.6) is 5.75 Å². The zero-order valence-corrected chi connectivity index (χ0v) is 10.7. The summed E-state index contributed by atoms with van der Waals surface area (Å²) in [4.78, 5) is 0. The van der Waals surface area contributed by atoms with E-state index in [0.717, 1.165) is 18.4 Å². The van der Waals surface area contributed by atoms with E-state index in [4.69, 9.17) is 0 Å². The molecule has 1 aromatic carbocycles. The molecule has 3 heteroatoms. The third-order valence-electron chi connectivity index (χ3n) is 4.32. The maximum atomic E-state index is 9.75. The molecular weight excluding hydrogens is 228 g/mol. The molecule has 0 saturated heterocycles. The Morgan fingerprint density at radius 3 is 2.33 bits per heavy atom. The molecular formula is C15H22O3. The highest BCUT2D eigenvalue weighted by Gasteiger charge is 2.39. The SMILES string of the molecule is OCC(CO)(Cc1cccc(O)c1)C1CCCC1. The molecule has 3 nitrogen and oxygen atoms in total. The molecule has 0 unspecified atom stereocenters. The topological polar surface area (TPSA) is 60.7 Å². The highest BCUT2D eigenvalue weighted by atomic mass is 16.3. The predicted octanol–water partition coefficient (Wildman–Crippen LogP) is 2.10. The maximum absolute atomic E-state index is 9.75. The van der Waals surface area contributed by atoms with Crippen LogP contribution in [0.3, 0.4) is 0 Å². The number of aliphatic hydroxyl groups excluding tert-OH is 2. The lowest BCUT2D eigenvalue weighted by Gasteiger charge is -2.36. The zero-order valence-electron chi connectivity index (χ0n) is 10.7. The fourth-order valence-electron chi connectivity index (χ4n) is 3.18. The first-order chi connectivity index (χ1) is 8.70. The van der Waals surface area contributed by atoms with Gasteiger partial charge in [0, 0.05) is 5.41 Å². The molecule has 0 heterocycles. The molecule has 0 radical (unpaired) electrons. The Balaban J connectivity index is 2.19. The van der Waals surface area contributed by atoms with E-state index in [1.54, 1.807) is 18.2 Å². The third kappa shape index (κ3) is 2.68. The Hall–Kier alpha value is -1.06. The van der Waals surface area contributed by atoms with Gasteiger partial charge in [-0.15, -0.1) is 0 Å². The van der Waals surface area contributed by atoms with Gasteiger partial charge in [-0.3, -0.25) is 0 Å². The summed E-state index contributed by atoms with van der Waals surface area (Å²) in [7, 11) is 0. The number of phenolic OH excluding ortho intramolecular Hbond substituents is 1. The van der Waals surface area contributed by atoms with Crippen LogP contribution in [0, 0.1) is 11.3 Å². The van der Waals surface area contributed by atoms with Gasteiger partial charge in [0.25, 0.3) is 0 Å². The summed E-state index contributed by atoms with van der Waals surface area (Å²) in [5.41, 5.74) is 0.537. The molecule has 0 aliphatic heterocycles. The third-order valence-corrected chi connectivity index (χ3v) is 4.32. The van der Waals surface area contributed by atoms with Crippen molar-refractivity contribution in [2.75, 3.05) is 13.2 Å². The van der Waals surface area contributed by atoms with Gasteiger partial charge >= 0.3 is 0 Å². The van der Waals surface area contributed by atoms with Crippen LogP contribution in [-0.2, 0) is 6.42 Å². The Bertz CT molecular complexity index is 379. The van der Waals surface area contributed by atoms with Crippen molar-refractivity contribution in [3.63, 3.8) is 0 Å². The average molecular weight is 250 g/mol. The number of hydrogen-bond donors (Lipinski definition) is 3. The predicted molar refractivity (Wildman–Crippen MR) is 70.4 cm³/mol. The number of rotatable bonds is 5. The molecule has 0 spiro atoms. The first-order valence-electron chi connectivity index (χ1n) is 6.70. The number of benzene rings is 1. The average Bonchev–Trinajstić information content (AvgIpc) is 2.90. The second kappa shape index (κ2) is 5.72. The quantitative estimate of drug-likeness (QED) is 0.750. The highest BCUT2D eigenvalue weighted by Crippen LogP contribution is 2.42. The minimum absolute atomic E-state index is 0.00379. The van der Waals surface area contributed by atoms with Crippen LogP contribution in [-0.4, -0.2) is 28.5 Å². The summed E-state index contributed by atoms with van der Waals surface area (Å²) in [6.45, 7) is 0.00759. The van der Waals surface area contributed by atoms with Crippen LogP contribution in [0.1, 0.15) is 31.2 Å². The Morgan fingerprint density at radius 2 is 1.78 bits per heavy atom. The van der Waals surface area contributed by atoms with Crippen molar-refractivity contribution in [2.24, 2.45) is 11.3 Å². The summed E-state index contributed by atoms with van der Waals surface area (Å²) in [5, 5.41) is 29.0. The summed E-state index contributed by atoms with van der Waals surface area (Å²) in [5.74, 6) is 0.624. The van der Waals surface area contributed by atoms with Gasteiger partial charge in [-0.2, -0.15) is 0 Å². The van der Waals surface area contributed by atoms with Crippen LogP contribution in [0.4, 0.5) is 0 Å². The van der Waals surface area contributed by atoms with Crippen LogP contribution in [0.2, 0.25) is 0 Å². The monoisotopic (exact) mass is 250 g/mol. The van der Waals surface area contributed by atoms with E-state index in [1.165, 1.54) is 12.8 Å². The minimum Gasteiger partial charge on any atom is -0.508 e. The van der Waals surface area contributed by atoms with Gasteiger partial charge in [0.05, 0.1) is 13.2 Å². The molecule has 0 aromatic heterocycles. The van der Waals surface area contributed by atoms with Gasteiger partial charge in [-0.1, -0.05) is 25.0 Å². The minimum atomic E-state index is -0.440. The van der Waals surface area contributed by atoms with E-state index in [0.29, 0.717) is 12.3 Å². The summed E-state index contributed by atoms with van der Waals surface area (Å²) in [6, 6.07) is 7.10. The molecule has 1 fully saturated rings. The number of phenols is 1. The summed E-state index contributed by atoms with van der Waals surface area (Å²) < 4.78 is 0. The van der Waals surface area contributed by atoms with Crippen molar-refractivity contribution in [1.29, 1.82) is 0 Å². The molecule has 3 N–H and O–H groups in total. The zero-order chi connectivity index (χ0) is 13.0. The summed E-state index contributed by atoms with van der Waals surface area (Å²) in [6.07, 6.45) is 5.16. The standard InChI is InChI=1S/C15H22O3/c16-10-15(11-17,13-5-1-2-6-13)9-12-4-3-7-14(18)8-12/h3-4,7-8,13,16-18H,1-2,5-6,9-11H2. The fraction of sp³-hybridized carbons (Fsp3) is 0.600. The van der Waals surface area contributed by atoms with Gasteiger partial charge < -0.3 is 15.3 Å². The lowest BCUT2D eigenvalue weighted by atomic mass is 9.71. The maximum Gasteiger partial charge on any atom is 0.115 e. The Morgan fingerprint density at radius 1 is 1.11 bits per heavy atom. The second-order valence-corrected chi connectivity index (χ2v) is 5.51. The van der Waals surface area contributed by atoms with E-state index in [1.807, 2.05) is 6.07 Å². The smallest absolute Gasteiger partial charge is 0.115 e. The van der Waals surface area contributed by atoms with Gasteiger partial charge in [-0.25, -0.2) is 0 Å². The number of aromatic hydroxyl groups is 1. The highest BCUT2D eigenvalue weighted by molar-refractivity contribution is 5.28. The van der Waals surface area contributed by atoms with Gasteiger partial charge in [0.1, 0.15) is 5.75 Å². The lowest BCUT2D eigenvalue weighted by Crippen LogP contribution is -2.39. The molecule has 1 aliphatic rings. The molecule has 0 bridgehead atoms. The van der Waals surface area contributed by atoms with Gasteiger partial charge in [0.2, 0.25) is 0 Å². The fourth-order valence-corrected chi connectivity index (χ4v) is 3.18. The Labute approximate surface area is 108 Å². The molecule has 1 aromatic rings. The van der Waals surface area contributed by atoms with E-state index >= 15 is 0 Å². The van der Waals surface area contributed by atoms with Crippen LogP contribution in [0.25, 0.3) is 0 Å². The lowest BCUT2D eigenvalue weighted by molar-refractivity contribution is 0.00567. The number of aliphatic hydroxyl groups is 2. The van der Waals surface area contributed by atoms with E-state index in [9.17, 15) is 15.3 Å². The second-order valence-electron chi connectivity index (χ2n) is 5.51. The molecule has 1 aliphatic carbocycles. The largest absolute Gasteiger partial charge is 0.508 e. The van der Waals surface area contributed by atoms with Crippen molar-refractivity contribution in [3.8, 4) is 5.75 Å². The first kappa shape index (κ1) is 13.4. The molecule has 1 saturated carbocycles. The molecule has 18 heavy (non-hydrogen) atoms. The first-order valence-corrected chi connectivity index (χ1v) is 6.70. The van der Waals surface area contributed by atoms with Crippen LogP contribution in [0.15, 0.2) is 24.3 Å². The normalized spacial score (nSPS) is 17.2.